The zero-order valence-electron chi connectivity index (χ0n) is 8.39. The average molecular weight is 203 g/mol. The largest absolute Gasteiger partial charge is 0.299 e. The maximum Gasteiger partial charge on any atom is 0.137 e. The van der Waals surface area contributed by atoms with E-state index in [-0.39, 0.29) is 11.3 Å². The molecule has 1 rings (SSSR count). The molecule has 2 atom stereocenters. The van der Waals surface area contributed by atoms with Crippen LogP contribution in [-0.4, -0.2) is 11.2 Å². The Kier molecular flexibility index (Phi) is 4.79. The Morgan fingerprint density at radius 2 is 2.08 bits per heavy atom. The molecule has 0 heterocycles. The monoisotopic (exact) mass is 202 g/mol. The number of alkyl halides is 1. The summed E-state index contributed by atoms with van der Waals surface area (Å²) in [6, 6.07) is 0. The molecular formula is C11H19ClO. The summed E-state index contributed by atoms with van der Waals surface area (Å²) < 4.78 is 0. The number of halogens is 1. The number of Topliss-reactive ketones (excluding diaryl/α,β-unsaturated/α-hetero) is 1. The van der Waals surface area contributed by atoms with Gasteiger partial charge in [-0.1, -0.05) is 26.2 Å². The van der Waals surface area contributed by atoms with Crippen LogP contribution in [0.4, 0.5) is 0 Å². The first-order valence-electron chi connectivity index (χ1n) is 5.42. The van der Waals surface area contributed by atoms with Gasteiger partial charge >= 0.3 is 0 Å². The fourth-order valence-electron chi connectivity index (χ4n) is 1.98. The van der Waals surface area contributed by atoms with Crippen LogP contribution in [0.3, 0.4) is 0 Å². The quantitative estimate of drug-likeness (QED) is 0.638. The van der Waals surface area contributed by atoms with Gasteiger partial charge in [-0.3, -0.25) is 4.79 Å². The molecule has 0 aromatic heterocycles. The van der Waals surface area contributed by atoms with Gasteiger partial charge < -0.3 is 0 Å². The highest BCUT2D eigenvalue weighted by atomic mass is 35.5. The van der Waals surface area contributed by atoms with E-state index in [1.165, 1.54) is 12.8 Å². The third-order valence-corrected chi connectivity index (χ3v) is 3.39. The first-order valence-corrected chi connectivity index (χ1v) is 5.86. The summed E-state index contributed by atoms with van der Waals surface area (Å²) in [5.41, 5.74) is 0. The highest BCUT2D eigenvalue weighted by molar-refractivity contribution is 6.22. The lowest BCUT2D eigenvalue weighted by Crippen LogP contribution is -2.27. The predicted octanol–water partition coefficient (Wildman–Crippen LogP) is 3.54. The van der Waals surface area contributed by atoms with E-state index >= 15 is 0 Å². The van der Waals surface area contributed by atoms with Crippen molar-refractivity contribution in [2.24, 2.45) is 5.92 Å². The van der Waals surface area contributed by atoms with Crippen LogP contribution >= 0.6 is 11.6 Å². The Morgan fingerprint density at radius 3 is 2.69 bits per heavy atom. The maximum absolute atomic E-state index is 11.7. The highest BCUT2D eigenvalue weighted by Crippen LogP contribution is 2.30. The molecule has 0 aromatic rings. The van der Waals surface area contributed by atoms with Gasteiger partial charge in [-0.25, -0.2) is 0 Å². The number of carbonyl (C=O) groups is 1. The first-order chi connectivity index (χ1) is 6.25. The molecule has 1 saturated carbocycles. The normalized spacial score (nSPS) is 28.8. The second-order valence-electron chi connectivity index (χ2n) is 3.98. The number of carbonyl (C=O) groups excluding carboxylic acids is 1. The predicted molar refractivity (Wildman–Crippen MR) is 56.1 cm³/mol. The average Bonchev–Trinajstić information content (AvgIpc) is 2.15. The molecule has 2 heteroatoms. The Balaban J connectivity index is 2.35. The number of ketones is 1. The van der Waals surface area contributed by atoms with Gasteiger partial charge in [-0.15, -0.1) is 11.6 Å². The summed E-state index contributed by atoms with van der Waals surface area (Å²) in [6.45, 7) is 2.12. The van der Waals surface area contributed by atoms with Crippen molar-refractivity contribution in [3.8, 4) is 0 Å². The number of hydrogen-bond acceptors (Lipinski definition) is 1. The first kappa shape index (κ1) is 11.0. The Morgan fingerprint density at radius 1 is 1.38 bits per heavy atom. The van der Waals surface area contributed by atoms with Gasteiger partial charge in [-0.2, -0.15) is 0 Å². The molecule has 1 aliphatic carbocycles. The van der Waals surface area contributed by atoms with Gasteiger partial charge in [0.05, 0.1) is 0 Å². The van der Waals surface area contributed by atoms with Gasteiger partial charge in [0.25, 0.3) is 0 Å². The van der Waals surface area contributed by atoms with Crippen molar-refractivity contribution in [1.82, 2.24) is 0 Å². The van der Waals surface area contributed by atoms with Crippen LogP contribution in [0.1, 0.15) is 51.9 Å². The van der Waals surface area contributed by atoms with Crippen LogP contribution in [0.2, 0.25) is 0 Å². The van der Waals surface area contributed by atoms with Gasteiger partial charge in [0.15, 0.2) is 0 Å². The lowest BCUT2D eigenvalue weighted by molar-refractivity contribution is -0.123. The van der Waals surface area contributed by atoms with E-state index < -0.39 is 0 Å². The zero-order chi connectivity index (χ0) is 9.68. The summed E-state index contributed by atoms with van der Waals surface area (Å²) in [4.78, 5) is 11.7. The molecule has 0 spiro atoms. The summed E-state index contributed by atoms with van der Waals surface area (Å²) in [6.07, 6.45) is 7.31. The minimum absolute atomic E-state index is 0.123. The topological polar surface area (TPSA) is 17.1 Å². The van der Waals surface area contributed by atoms with Crippen molar-refractivity contribution in [3.63, 3.8) is 0 Å². The molecule has 1 aliphatic rings. The van der Waals surface area contributed by atoms with Crippen LogP contribution in [0.25, 0.3) is 0 Å². The summed E-state index contributed by atoms with van der Waals surface area (Å²) in [5.74, 6) is 0.573. The molecule has 1 fully saturated rings. The van der Waals surface area contributed by atoms with Crippen LogP contribution in [0.5, 0.6) is 0 Å². The molecule has 76 valence electrons. The van der Waals surface area contributed by atoms with Gasteiger partial charge in [-0.05, 0) is 19.3 Å². The Labute approximate surface area is 85.8 Å². The fraction of sp³-hybridized carbons (Fsp3) is 0.909. The van der Waals surface area contributed by atoms with E-state index in [0.717, 1.165) is 32.1 Å². The summed E-state index contributed by atoms with van der Waals surface area (Å²) in [5, 5.41) is 0.123. The fourth-order valence-corrected chi connectivity index (χ4v) is 2.41. The molecule has 0 amide bonds. The van der Waals surface area contributed by atoms with Crippen LogP contribution in [-0.2, 0) is 4.79 Å². The number of hydrogen-bond donors (Lipinski definition) is 0. The van der Waals surface area contributed by atoms with Crippen molar-refractivity contribution in [2.45, 2.75) is 57.2 Å². The van der Waals surface area contributed by atoms with E-state index in [4.69, 9.17) is 11.6 Å². The second kappa shape index (κ2) is 5.64. The zero-order valence-corrected chi connectivity index (χ0v) is 9.15. The molecule has 0 saturated heterocycles. The van der Waals surface area contributed by atoms with Gasteiger partial charge in [0.1, 0.15) is 5.78 Å². The summed E-state index contributed by atoms with van der Waals surface area (Å²) >= 11 is 6.14. The third-order valence-electron chi connectivity index (χ3n) is 2.87. The Hall–Kier alpha value is -0.0400. The minimum atomic E-state index is 0.123. The Bertz CT molecular complexity index is 167. The number of unbranched alkanes of at least 4 members (excludes halogenated alkanes) is 1. The van der Waals surface area contributed by atoms with Crippen molar-refractivity contribution in [3.05, 3.63) is 0 Å². The van der Waals surface area contributed by atoms with Crippen LogP contribution in [0.15, 0.2) is 0 Å². The van der Waals surface area contributed by atoms with E-state index in [1.807, 2.05) is 0 Å². The lowest BCUT2D eigenvalue weighted by atomic mass is 9.84. The van der Waals surface area contributed by atoms with Crippen LogP contribution < -0.4 is 0 Å². The molecule has 0 bridgehead atoms. The molecule has 0 N–H and O–H groups in total. The second-order valence-corrected chi connectivity index (χ2v) is 4.54. The van der Waals surface area contributed by atoms with Crippen molar-refractivity contribution in [2.75, 3.05) is 0 Å². The third kappa shape index (κ3) is 3.30. The molecule has 13 heavy (non-hydrogen) atoms. The minimum Gasteiger partial charge on any atom is -0.299 e. The van der Waals surface area contributed by atoms with E-state index in [0.29, 0.717) is 5.78 Å². The van der Waals surface area contributed by atoms with Crippen molar-refractivity contribution in [1.29, 1.82) is 0 Å². The molecule has 0 radical (unpaired) electrons. The lowest BCUT2D eigenvalue weighted by Gasteiger charge is -2.25. The molecule has 0 aromatic carbocycles. The van der Waals surface area contributed by atoms with Crippen LogP contribution in [0, 0.1) is 5.92 Å². The molecule has 1 nitrogen and oxygen atoms in total. The van der Waals surface area contributed by atoms with E-state index in [9.17, 15) is 4.79 Å². The molecule has 0 aliphatic heterocycles. The van der Waals surface area contributed by atoms with Crippen molar-refractivity contribution < 1.29 is 4.79 Å². The maximum atomic E-state index is 11.7. The van der Waals surface area contributed by atoms with E-state index in [2.05, 4.69) is 6.92 Å². The molecule has 2 unspecified atom stereocenters. The van der Waals surface area contributed by atoms with Crippen molar-refractivity contribution >= 4 is 17.4 Å². The standard InChI is InChI=1S/C11H19ClO/c1-2-3-8-11(13)9-6-4-5-7-10(9)12/h9-10H,2-8H2,1H3. The SMILES string of the molecule is CCCCC(=O)C1CCCCC1Cl. The number of rotatable bonds is 4. The smallest absolute Gasteiger partial charge is 0.137 e. The summed E-state index contributed by atoms with van der Waals surface area (Å²) in [7, 11) is 0. The van der Waals surface area contributed by atoms with E-state index in [1.54, 1.807) is 0 Å². The molecular weight excluding hydrogens is 184 g/mol. The highest BCUT2D eigenvalue weighted by Gasteiger charge is 2.28. The van der Waals surface area contributed by atoms with Gasteiger partial charge in [0, 0.05) is 17.7 Å². The van der Waals surface area contributed by atoms with Gasteiger partial charge in [0.2, 0.25) is 0 Å².